The molecule has 0 aromatic carbocycles. The zero-order valence-electron chi connectivity index (χ0n) is 7.38. The van der Waals surface area contributed by atoms with Crippen molar-refractivity contribution in [1.29, 1.82) is 0 Å². The molecule has 2 nitrogen and oxygen atoms in total. The predicted molar refractivity (Wildman–Crippen MR) is 47.7 cm³/mol. The fourth-order valence-corrected chi connectivity index (χ4v) is 1.20. The van der Waals surface area contributed by atoms with E-state index in [1.54, 1.807) is 6.08 Å². The smallest absolute Gasteiger partial charge is 0.331 e. The zero-order chi connectivity index (χ0) is 8.81. The van der Waals surface area contributed by atoms with E-state index >= 15 is 0 Å². The van der Waals surface area contributed by atoms with Crippen molar-refractivity contribution in [3.8, 4) is 0 Å². The molecule has 1 aliphatic carbocycles. The van der Waals surface area contributed by atoms with Crippen molar-refractivity contribution >= 4 is 5.97 Å². The fraction of sp³-hybridized carbons (Fsp3) is 0.500. The number of ether oxygens (including phenoxy) is 1. The van der Waals surface area contributed by atoms with E-state index in [1.807, 2.05) is 13.0 Å². The number of allylic oxidation sites excluding steroid dienone is 3. The Morgan fingerprint density at radius 1 is 1.75 bits per heavy atom. The van der Waals surface area contributed by atoms with Gasteiger partial charge in [0.15, 0.2) is 0 Å². The van der Waals surface area contributed by atoms with Crippen LogP contribution in [0.1, 0.15) is 26.2 Å². The average Bonchev–Trinajstić information content (AvgIpc) is 2.06. The van der Waals surface area contributed by atoms with Gasteiger partial charge in [0, 0.05) is 6.08 Å². The van der Waals surface area contributed by atoms with Gasteiger partial charge in [0.25, 0.3) is 0 Å². The Hall–Kier alpha value is -1.05. The first kappa shape index (κ1) is 9.04. The third-order valence-electron chi connectivity index (χ3n) is 1.76. The molecule has 0 saturated carbocycles. The lowest BCUT2D eigenvalue weighted by molar-refractivity contribution is -0.137. The normalized spacial score (nSPS) is 19.6. The summed E-state index contributed by atoms with van der Waals surface area (Å²) in [6.45, 7) is 2.26. The summed E-state index contributed by atoms with van der Waals surface area (Å²) in [4.78, 5) is 11.0. The molecule has 0 fully saturated rings. The predicted octanol–water partition coefficient (Wildman–Crippen LogP) is 2.22. The molecule has 0 unspecified atom stereocenters. The second-order valence-corrected chi connectivity index (χ2v) is 2.77. The molecular weight excluding hydrogens is 152 g/mol. The van der Waals surface area contributed by atoms with E-state index in [1.165, 1.54) is 0 Å². The minimum atomic E-state index is -0.223. The lowest BCUT2D eigenvalue weighted by atomic mass is 10.0. The summed E-state index contributed by atoms with van der Waals surface area (Å²) in [5.41, 5.74) is 1.08. The Labute approximate surface area is 72.9 Å². The fourth-order valence-electron chi connectivity index (χ4n) is 1.20. The van der Waals surface area contributed by atoms with E-state index in [2.05, 4.69) is 6.08 Å². The van der Waals surface area contributed by atoms with E-state index < -0.39 is 0 Å². The maximum Gasteiger partial charge on any atom is 0.331 e. The second-order valence-electron chi connectivity index (χ2n) is 2.77. The van der Waals surface area contributed by atoms with Crippen LogP contribution < -0.4 is 0 Å². The molecule has 2 heteroatoms. The Balaban J connectivity index is 2.49. The van der Waals surface area contributed by atoms with Gasteiger partial charge in [-0.3, -0.25) is 0 Å². The van der Waals surface area contributed by atoms with Crippen LogP contribution in [0.3, 0.4) is 0 Å². The van der Waals surface area contributed by atoms with Crippen LogP contribution in [0.4, 0.5) is 0 Å². The zero-order valence-corrected chi connectivity index (χ0v) is 7.38. The SMILES string of the molecule is CCOC(=O)C=C1C=CCCC1. The minimum Gasteiger partial charge on any atom is -0.463 e. The molecule has 0 atom stereocenters. The summed E-state index contributed by atoms with van der Waals surface area (Å²) < 4.78 is 4.80. The summed E-state index contributed by atoms with van der Waals surface area (Å²) in [6, 6.07) is 0. The third kappa shape index (κ3) is 2.91. The average molecular weight is 166 g/mol. The van der Waals surface area contributed by atoms with Crippen LogP contribution in [0.5, 0.6) is 0 Å². The van der Waals surface area contributed by atoms with Gasteiger partial charge in [-0.25, -0.2) is 4.79 Å². The molecule has 1 rings (SSSR count). The first-order chi connectivity index (χ1) is 5.83. The molecule has 0 aromatic rings. The first-order valence-corrected chi connectivity index (χ1v) is 4.37. The van der Waals surface area contributed by atoms with Gasteiger partial charge < -0.3 is 4.74 Å². The lowest BCUT2D eigenvalue weighted by Crippen LogP contribution is -2.01. The first-order valence-electron chi connectivity index (χ1n) is 4.37. The van der Waals surface area contributed by atoms with Crippen LogP contribution >= 0.6 is 0 Å². The standard InChI is InChI=1S/C10H14O2/c1-2-12-10(11)8-9-6-4-3-5-7-9/h4,6,8H,2-3,5,7H2,1H3. The number of hydrogen-bond donors (Lipinski definition) is 0. The van der Waals surface area contributed by atoms with E-state index in [4.69, 9.17) is 4.74 Å². The molecule has 0 amide bonds. The molecule has 0 spiro atoms. The monoisotopic (exact) mass is 166 g/mol. The van der Waals surface area contributed by atoms with Gasteiger partial charge in [-0.05, 0) is 31.8 Å². The molecule has 0 bridgehead atoms. The van der Waals surface area contributed by atoms with Crippen molar-refractivity contribution in [3.63, 3.8) is 0 Å². The molecule has 0 radical (unpaired) electrons. The van der Waals surface area contributed by atoms with Crippen LogP contribution in [0, 0.1) is 0 Å². The maximum atomic E-state index is 11.0. The highest BCUT2D eigenvalue weighted by molar-refractivity contribution is 5.83. The summed E-state index contributed by atoms with van der Waals surface area (Å²) in [6.07, 6.45) is 8.94. The van der Waals surface area contributed by atoms with Crippen LogP contribution in [0.25, 0.3) is 0 Å². The molecular formula is C10H14O2. The van der Waals surface area contributed by atoms with Crippen molar-refractivity contribution in [2.45, 2.75) is 26.2 Å². The van der Waals surface area contributed by atoms with Crippen LogP contribution in [-0.2, 0) is 9.53 Å². The highest BCUT2D eigenvalue weighted by Crippen LogP contribution is 2.15. The summed E-state index contributed by atoms with van der Waals surface area (Å²) in [5, 5.41) is 0. The van der Waals surface area contributed by atoms with Gasteiger partial charge in [-0.2, -0.15) is 0 Å². The molecule has 1 aliphatic rings. The van der Waals surface area contributed by atoms with E-state index in [9.17, 15) is 4.79 Å². The van der Waals surface area contributed by atoms with Crippen molar-refractivity contribution in [3.05, 3.63) is 23.8 Å². The Kier molecular flexibility index (Phi) is 3.58. The molecule has 0 heterocycles. The Morgan fingerprint density at radius 3 is 3.17 bits per heavy atom. The molecule has 12 heavy (non-hydrogen) atoms. The summed E-state index contributed by atoms with van der Waals surface area (Å²) >= 11 is 0. The highest BCUT2D eigenvalue weighted by Gasteiger charge is 2.02. The Morgan fingerprint density at radius 2 is 2.58 bits per heavy atom. The third-order valence-corrected chi connectivity index (χ3v) is 1.76. The van der Waals surface area contributed by atoms with E-state index in [0.29, 0.717) is 6.61 Å². The quantitative estimate of drug-likeness (QED) is 0.464. The van der Waals surface area contributed by atoms with Crippen LogP contribution in [0.15, 0.2) is 23.8 Å². The number of esters is 1. The van der Waals surface area contributed by atoms with Crippen molar-refractivity contribution in [2.24, 2.45) is 0 Å². The van der Waals surface area contributed by atoms with Crippen molar-refractivity contribution in [1.82, 2.24) is 0 Å². The van der Waals surface area contributed by atoms with Crippen LogP contribution in [0.2, 0.25) is 0 Å². The molecule has 0 N–H and O–H groups in total. The van der Waals surface area contributed by atoms with Gasteiger partial charge >= 0.3 is 5.97 Å². The highest BCUT2D eigenvalue weighted by atomic mass is 16.5. The van der Waals surface area contributed by atoms with E-state index in [0.717, 1.165) is 24.8 Å². The van der Waals surface area contributed by atoms with Gasteiger partial charge in [0.05, 0.1) is 6.61 Å². The van der Waals surface area contributed by atoms with Crippen molar-refractivity contribution in [2.75, 3.05) is 6.61 Å². The van der Waals surface area contributed by atoms with Gasteiger partial charge in [-0.15, -0.1) is 0 Å². The van der Waals surface area contributed by atoms with Crippen molar-refractivity contribution < 1.29 is 9.53 Å². The molecule has 0 aromatic heterocycles. The molecule has 0 saturated heterocycles. The largest absolute Gasteiger partial charge is 0.463 e. The second kappa shape index (κ2) is 4.75. The number of carbonyl (C=O) groups excluding carboxylic acids is 1. The van der Waals surface area contributed by atoms with Crippen LogP contribution in [-0.4, -0.2) is 12.6 Å². The van der Waals surface area contributed by atoms with Gasteiger partial charge in [0.1, 0.15) is 0 Å². The minimum absolute atomic E-state index is 0.223. The number of carbonyl (C=O) groups is 1. The van der Waals surface area contributed by atoms with E-state index in [-0.39, 0.29) is 5.97 Å². The Bertz CT molecular complexity index is 214. The summed E-state index contributed by atoms with van der Waals surface area (Å²) in [5.74, 6) is -0.223. The van der Waals surface area contributed by atoms with Gasteiger partial charge in [-0.1, -0.05) is 12.2 Å². The molecule has 0 aliphatic heterocycles. The number of rotatable bonds is 2. The topological polar surface area (TPSA) is 26.3 Å². The number of hydrogen-bond acceptors (Lipinski definition) is 2. The molecule has 66 valence electrons. The lowest BCUT2D eigenvalue weighted by Gasteiger charge is -2.05. The maximum absolute atomic E-state index is 11.0. The van der Waals surface area contributed by atoms with Gasteiger partial charge in [0.2, 0.25) is 0 Å². The summed E-state index contributed by atoms with van der Waals surface area (Å²) in [7, 11) is 0.